The van der Waals surface area contributed by atoms with Gasteiger partial charge in [-0.15, -0.1) is 0 Å². The van der Waals surface area contributed by atoms with E-state index in [-0.39, 0.29) is 23.9 Å². The minimum Gasteiger partial charge on any atom is -0.492 e. The van der Waals surface area contributed by atoms with Crippen LogP contribution in [0.25, 0.3) is 0 Å². The molecule has 0 aliphatic carbocycles. The number of nitrogens with one attached hydrogen (secondary N) is 1. The monoisotopic (exact) mass is 323 g/mol. The van der Waals surface area contributed by atoms with Gasteiger partial charge in [-0.2, -0.15) is 0 Å². The maximum atomic E-state index is 12.0. The molecule has 1 N–H and O–H groups in total. The molecule has 1 fully saturated rings. The molecule has 8 heteroatoms. The average Bonchev–Trinajstić information content (AvgIpc) is 2.50. The molecular formula is C15H21N3O5. The van der Waals surface area contributed by atoms with Crippen molar-refractivity contribution in [1.82, 2.24) is 10.2 Å². The van der Waals surface area contributed by atoms with Gasteiger partial charge >= 0.3 is 6.03 Å². The summed E-state index contributed by atoms with van der Waals surface area (Å²) in [6, 6.07) is 5.69. The van der Waals surface area contributed by atoms with Crippen molar-refractivity contribution in [3.8, 4) is 5.75 Å². The minimum atomic E-state index is -0.464. The van der Waals surface area contributed by atoms with E-state index < -0.39 is 4.92 Å². The first-order valence-corrected chi connectivity index (χ1v) is 7.51. The number of nitrogens with zero attached hydrogens (tertiary/aromatic N) is 2. The number of nitro benzene ring substituents is 1. The summed E-state index contributed by atoms with van der Waals surface area (Å²) in [7, 11) is 0. The number of urea groups is 1. The summed E-state index contributed by atoms with van der Waals surface area (Å²) in [5.74, 6) is 0.526. The number of hydrogen-bond acceptors (Lipinski definition) is 5. The standard InChI is InChI=1S/C15H21N3O5/c1-11-9-17(10-12(2)23-11)15(19)16-7-8-22-14-5-3-13(4-6-14)18(20)21/h3-6,11-12H,7-10H2,1-2H3,(H,16,19)/t11-,12-/m1/s1. The highest BCUT2D eigenvalue weighted by Gasteiger charge is 2.25. The molecule has 2 amide bonds. The van der Waals surface area contributed by atoms with E-state index in [2.05, 4.69) is 5.32 Å². The number of nitro groups is 1. The predicted molar refractivity (Wildman–Crippen MR) is 83.6 cm³/mol. The van der Waals surface area contributed by atoms with Crippen LogP contribution in [-0.4, -0.2) is 54.3 Å². The number of non-ortho nitro benzene ring substituents is 1. The van der Waals surface area contributed by atoms with Crippen molar-refractivity contribution in [2.24, 2.45) is 0 Å². The Hall–Kier alpha value is -2.35. The van der Waals surface area contributed by atoms with E-state index in [1.165, 1.54) is 24.3 Å². The highest BCUT2D eigenvalue weighted by Crippen LogP contribution is 2.17. The maximum absolute atomic E-state index is 12.0. The lowest BCUT2D eigenvalue weighted by Gasteiger charge is -2.35. The lowest BCUT2D eigenvalue weighted by molar-refractivity contribution is -0.384. The van der Waals surface area contributed by atoms with Gasteiger partial charge in [0.25, 0.3) is 5.69 Å². The second kappa shape index (κ2) is 7.77. The molecule has 8 nitrogen and oxygen atoms in total. The van der Waals surface area contributed by atoms with Gasteiger partial charge in [0.15, 0.2) is 0 Å². The zero-order valence-corrected chi connectivity index (χ0v) is 13.2. The Morgan fingerprint density at radius 1 is 1.35 bits per heavy atom. The Labute approximate surface area is 134 Å². The molecule has 1 aromatic carbocycles. The lowest BCUT2D eigenvalue weighted by Crippen LogP contribution is -2.52. The van der Waals surface area contributed by atoms with Gasteiger partial charge in [-0.25, -0.2) is 4.79 Å². The van der Waals surface area contributed by atoms with Crippen LogP contribution in [0.1, 0.15) is 13.8 Å². The Bertz CT molecular complexity index is 539. The van der Waals surface area contributed by atoms with E-state index in [1.807, 2.05) is 13.8 Å². The van der Waals surface area contributed by atoms with Crippen LogP contribution in [0, 0.1) is 10.1 Å². The molecule has 2 atom stereocenters. The predicted octanol–water partition coefficient (Wildman–Crippen LogP) is 1.79. The van der Waals surface area contributed by atoms with Crippen molar-refractivity contribution in [1.29, 1.82) is 0 Å². The Kier molecular flexibility index (Phi) is 5.75. The van der Waals surface area contributed by atoms with Crippen LogP contribution in [-0.2, 0) is 4.74 Å². The molecule has 0 bridgehead atoms. The molecule has 0 aromatic heterocycles. The summed E-state index contributed by atoms with van der Waals surface area (Å²) in [5, 5.41) is 13.3. The number of rotatable bonds is 5. The minimum absolute atomic E-state index is 0.0150. The van der Waals surface area contributed by atoms with Gasteiger partial charge in [-0.1, -0.05) is 0 Å². The molecule has 1 saturated heterocycles. The van der Waals surface area contributed by atoms with Gasteiger partial charge in [-0.05, 0) is 26.0 Å². The number of carbonyl (C=O) groups excluding carboxylic acids is 1. The molecule has 0 unspecified atom stereocenters. The largest absolute Gasteiger partial charge is 0.492 e. The summed E-state index contributed by atoms with van der Waals surface area (Å²) in [6.07, 6.45) is 0.0571. The van der Waals surface area contributed by atoms with Crippen molar-refractivity contribution in [2.45, 2.75) is 26.1 Å². The molecule has 0 saturated carbocycles. The second-order valence-corrected chi connectivity index (χ2v) is 5.49. The Morgan fingerprint density at radius 3 is 2.52 bits per heavy atom. The lowest BCUT2D eigenvalue weighted by atomic mass is 10.2. The molecule has 1 aliphatic heterocycles. The van der Waals surface area contributed by atoms with E-state index >= 15 is 0 Å². The number of morpholine rings is 1. The van der Waals surface area contributed by atoms with Crippen molar-refractivity contribution < 1.29 is 19.2 Å². The Morgan fingerprint density at radius 2 is 1.96 bits per heavy atom. The van der Waals surface area contributed by atoms with Crippen LogP contribution in [0.4, 0.5) is 10.5 Å². The second-order valence-electron chi connectivity index (χ2n) is 5.49. The fourth-order valence-corrected chi connectivity index (χ4v) is 2.45. The normalized spacial score (nSPS) is 20.9. The fourth-order valence-electron chi connectivity index (χ4n) is 2.45. The molecule has 2 rings (SSSR count). The van der Waals surface area contributed by atoms with Crippen LogP contribution in [0.2, 0.25) is 0 Å². The van der Waals surface area contributed by atoms with Crippen molar-refractivity contribution in [3.63, 3.8) is 0 Å². The van der Waals surface area contributed by atoms with E-state index in [1.54, 1.807) is 4.90 Å². The van der Waals surface area contributed by atoms with Crippen molar-refractivity contribution >= 4 is 11.7 Å². The van der Waals surface area contributed by atoms with Crippen molar-refractivity contribution in [2.75, 3.05) is 26.2 Å². The molecular weight excluding hydrogens is 302 g/mol. The molecule has 1 heterocycles. The maximum Gasteiger partial charge on any atom is 0.317 e. The van der Waals surface area contributed by atoms with Crippen LogP contribution >= 0.6 is 0 Å². The molecule has 0 spiro atoms. The smallest absolute Gasteiger partial charge is 0.317 e. The zero-order valence-electron chi connectivity index (χ0n) is 13.2. The molecule has 1 aromatic rings. The first-order chi connectivity index (χ1) is 11.0. The molecule has 23 heavy (non-hydrogen) atoms. The van der Waals surface area contributed by atoms with Crippen LogP contribution in [0.3, 0.4) is 0 Å². The number of amides is 2. The van der Waals surface area contributed by atoms with Crippen LogP contribution < -0.4 is 10.1 Å². The number of benzene rings is 1. The summed E-state index contributed by atoms with van der Waals surface area (Å²) < 4.78 is 11.0. The van der Waals surface area contributed by atoms with Crippen molar-refractivity contribution in [3.05, 3.63) is 34.4 Å². The summed E-state index contributed by atoms with van der Waals surface area (Å²) in [6.45, 7) is 5.66. The van der Waals surface area contributed by atoms with Crippen LogP contribution in [0.5, 0.6) is 5.75 Å². The van der Waals surface area contributed by atoms with Gasteiger partial charge in [-0.3, -0.25) is 10.1 Å². The van der Waals surface area contributed by atoms with Gasteiger partial charge < -0.3 is 19.7 Å². The first-order valence-electron chi connectivity index (χ1n) is 7.51. The molecule has 1 aliphatic rings. The number of ether oxygens (including phenoxy) is 2. The van der Waals surface area contributed by atoms with Crippen LogP contribution in [0.15, 0.2) is 24.3 Å². The van der Waals surface area contributed by atoms with Gasteiger partial charge in [0.2, 0.25) is 0 Å². The highest BCUT2D eigenvalue weighted by molar-refractivity contribution is 5.74. The van der Waals surface area contributed by atoms with E-state index in [9.17, 15) is 14.9 Å². The number of hydrogen-bond donors (Lipinski definition) is 1. The third-order valence-corrected chi connectivity index (χ3v) is 3.40. The van der Waals surface area contributed by atoms with Gasteiger partial charge in [0.1, 0.15) is 12.4 Å². The third kappa shape index (κ3) is 5.10. The van der Waals surface area contributed by atoms with Gasteiger partial charge in [0.05, 0.1) is 23.7 Å². The Balaban J connectivity index is 1.70. The van der Waals surface area contributed by atoms with E-state index in [0.717, 1.165) is 0 Å². The topological polar surface area (TPSA) is 93.9 Å². The quantitative estimate of drug-likeness (QED) is 0.506. The summed E-state index contributed by atoms with van der Waals surface area (Å²) in [4.78, 5) is 23.9. The SMILES string of the molecule is C[C@@H]1CN(C(=O)NCCOc2ccc([N+](=O)[O-])cc2)C[C@@H](C)O1. The third-order valence-electron chi connectivity index (χ3n) is 3.40. The molecule has 0 radical (unpaired) electrons. The molecule has 126 valence electrons. The first kappa shape index (κ1) is 17.0. The average molecular weight is 323 g/mol. The zero-order chi connectivity index (χ0) is 16.8. The van der Waals surface area contributed by atoms with E-state index in [0.29, 0.717) is 32.0 Å². The summed E-state index contributed by atoms with van der Waals surface area (Å²) >= 11 is 0. The highest BCUT2D eigenvalue weighted by atomic mass is 16.6. The number of carbonyl (C=O) groups is 1. The van der Waals surface area contributed by atoms with Gasteiger partial charge in [0, 0.05) is 25.2 Å². The fraction of sp³-hybridized carbons (Fsp3) is 0.533. The van der Waals surface area contributed by atoms with E-state index in [4.69, 9.17) is 9.47 Å². The summed E-state index contributed by atoms with van der Waals surface area (Å²) in [5.41, 5.74) is 0.0150.